The predicted molar refractivity (Wildman–Crippen MR) is 104 cm³/mol. The summed E-state index contributed by atoms with van der Waals surface area (Å²) < 4.78 is 24.5. The molecule has 1 saturated heterocycles. The number of nitrogens with one attached hydrogen (secondary N) is 1. The molecule has 0 spiro atoms. The van der Waals surface area contributed by atoms with Crippen LogP contribution in [0.4, 0.5) is 0 Å². The molecule has 1 heterocycles. The molecule has 0 bridgehead atoms. The van der Waals surface area contributed by atoms with Gasteiger partial charge in [-0.3, -0.25) is 9.59 Å². The van der Waals surface area contributed by atoms with Crippen molar-refractivity contribution in [3.8, 4) is 0 Å². The first-order valence-electron chi connectivity index (χ1n) is 9.72. The first-order valence-corrected chi connectivity index (χ1v) is 11.6. The van der Waals surface area contributed by atoms with E-state index in [1.807, 2.05) is 12.1 Å². The smallest absolute Gasteiger partial charge is 0.220 e. The summed E-state index contributed by atoms with van der Waals surface area (Å²) in [6, 6.07) is 5.91. The number of aryl methyl sites for hydroxylation is 2. The summed E-state index contributed by atoms with van der Waals surface area (Å²) >= 11 is 0. The van der Waals surface area contributed by atoms with Gasteiger partial charge in [0, 0.05) is 37.5 Å². The minimum absolute atomic E-state index is 0.00502. The van der Waals surface area contributed by atoms with Crippen LogP contribution in [0, 0.1) is 0 Å². The highest BCUT2D eigenvalue weighted by atomic mass is 32.2. The molecule has 6 nitrogen and oxygen atoms in total. The molecule has 0 atom stereocenters. The van der Waals surface area contributed by atoms with Gasteiger partial charge >= 0.3 is 0 Å². The van der Waals surface area contributed by atoms with E-state index < -0.39 is 10.0 Å². The summed E-state index contributed by atoms with van der Waals surface area (Å²) in [5.74, 6) is -0.135. The minimum atomic E-state index is -3.16. The summed E-state index contributed by atoms with van der Waals surface area (Å²) in [4.78, 5) is 24.6. The third-order valence-corrected chi connectivity index (χ3v) is 6.84. The lowest BCUT2D eigenvalue weighted by Crippen LogP contribution is -2.46. The second-order valence-corrected chi connectivity index (χ2v) is 9.60. The van der Waals surface area contributed by atoms with Gasteiger partial charge in [0.2, 0.25) is 15.9 Å². The molecule has 27 heavy (non-hydrogen) atoms. The molecular formula is C20H28N2O4S. The number of piperidine rings is 1. The fourth-order valence-corrected chi connectivity index (χ4v) is 4.78. The maximum absolute atomic E-state index is 12.4. The maximum Gasteiger partial charge on any atom is 0.220 e. The average Bonchev–Trinajstić information content (AvgIpc) is 2.65. The Hall–Kier alpha value is -1.73. The number of hydrogen-bond donors (Lipinski definition) is 1. The molecule has 1 aliphatic heterocycles. The largest absolute Gasteiger partial charge is 0.353 e. The Morgan fingerprint density at radius 3 is 2.41 bits per heavy atom. The zero-order chi connectivity index (χ0) is 19.4. The van der Waals surface area contributed by atoms with Gasteiger partial charge in [0.15, 0.2) is 5.78 Å². The molecule has 148 valence electrons. The van der Waals surface area contributed by atoms with Gasteiger partial charge in [-0.15, -0.1) is 0 Å². The number of hydrogen-bond acceptors (Lipinski definition) is 4. The number of rotatable bonds is 6. The van der Waals surface area contributed by atoms with E-state index in [0.29, 0.717) is 31.5 Å². The zero-order valence-corrected chi connectivity index (χ0v) is 16.7. The Morgan fingerprint density at radius 1 is 1.07 bits per heavy atom. The van der Waals surface area contributed by atoms with Crippen LogP contribution < -0.4 is 5.32 Å². The first kappa shape index (κ1) is 20.0. The molecule has 0 aromatic heterocycles. The molecule has 7 heteroatoms. The number of carbonyl (C=O) groups is 2. The fraction of sp³-hybridized carbons (Fsp3) is 0.600. The second kappa shape index (κ2) is 8.52. The van der Waals surface area contributed by atoms with Crippen LogP contribution in [0.3, 0.4) is 0 Å². The predicted octanol–water partition coefficient (Wildman–Crippen LogP) is 2.07. The maximum atomic E-state index is 12.4. The van der Waals surface area contributed by atoms with Crippen molar-refractivity contribution in [3.05, 3.63) is 34.9 Å². The van der Waals surface area contributed by atoms with Crippen molar-refractivity contribution in [3.63, 3.8) is 0 Å². The van der Waals surface area contributed by atoms with E-state index in [4.69, 9.17) is 0 Å². The van der Waals surface area contributed by atoms with Crippen LogP contribution in [0.2, 0.25) is 0 Å². The van der Waals surface area contributed by atoms with Crippen LogP contribution in [0.5, 0.6) is 0 Å². The third kappa shape index (κ3) is 5.39. The molecule has 1 N–H and O–H groups in total. The van der Waals surface area contributed by atoms with Crippen molar-refractivity contribution < 1.29 is 18.0 Å². The number of amides is 1. The van der Waals surface area contributed by atoms with Crippen LogP contribution >= 0.6 is 0 Å². The number of benzene rings is 1. The van der Waals surface area contributed by atoms with Crippen molar-refractivity contribution in [1.29, 1.82) is 0 Å². The molecular weight excluding hydrogens is 364 g/mol. The van der Waals surface area contributed by atoms with E-state index in [1.54, 1.807) is 0 Å². The summed E-state index contributed by atoms with van der Waals surface area (Å²) in [6.45, 7) is 0.857. The first-order chi connectivity index (χ1) is 12.8. The quantitative estimate of drug-likeness (QED) is 0.751. The number of carbonyl (C=O) groups excluding carboxylic acids is 2. The van der Waals surface area contributed by atoms with Gasteiger partial charge in [0.25, 0.3) is 0 Å². The van der Waals surface area contributed by atoms with Crippen molar-refractivity contribution >= 4 is 21.7 Å². The molecule has 0 radical (unpaired) electrons. The van der Waals surface area contributed by atoms with Gasteiger partial charge in [-0.25, -0.2) is 12.7 Å². The number of nitrogens with zero attached hydrogens (tertiary/aromatic N) is 1. The highest BCUT2D eigenvalue weighted by Crippen LogP contribution is 2.23. The SMILES string of the molecule is CS(=O)(=O)N1CCC(NC(=O)CCC(=O)c2ccc3c(c2)CCCC3)CC1. The van der Waals surface area contributed by atoms with Crippen molar-refractivity contribution in [2.24, 2.45) is 0 Å². The summed E-state index contributed by atoms with van der Waals surface area (Å²) in [7, 11) is -3.16. The van der Waals surface area contributed by atoms with Crippen LogP contribution in [-0.2, 0) is 27.7 Å². The molecule has 1 aliphatic carbocycles. The van der Waals surface area contributed by atoms with Crippen molar-refractivity contribution in [1.82, 2.24) is 9.62 Å². The average molecular weight is 393 g/mol. The monoisotopic (exact) mass is 392 g/mol. The Labute approximate surface area is 161 Å². The normalized spacial score (nSPS) is 18.7. The number of ketones is 1. The zero-order valence-electron chi connectivity index (χ0n) is 15.9. The van der Waals surface area contributed by atoms with E-state index in [2.05, 4.69) is 11.4 Å². The molecule has 0 saturated carbocycles. The number of fused-ring (bicyclic) bond motifs is 1. The lowest BCUT2D eigenvalue weighted by Gasteiger charge is -2.30. The van der Waals surface area contributed by atoms with E-state index >= 15 is 0 Å². The lowest BCUT2D eigenvalue weighted by molar-refractivity contribution is -0.122. The minimum Gasteiger partial charge on any atom is -0.353 e. The highest BCUT2D eigenvalue weighted by molar-refractivity contribution is 7.88. The van der Waals surface area contributed by atoms with Gasteiger partial charge in [-0.05, 0) is 55.7 Å². The van der Waals surface area contributed by atoms with Gasteiger partial charge < -0.3 is 5.32 Å². The van der Waals surface area contributed by atoms with Crippen LogP contribution in [-0.4, -0.2) is 49.8 Å². The molecule has 0 unspecified atom stereocenters. The molecule has 1 aromatic rings. The number of sulfonamides is 1. The Morgan fingerprint density at radius 2 is 1.74 bits per heavy atom. The van der Waals surface area contributed by atoms with Gasteiger partial charge in [0.1, 0.15) is 0 Å². The summed E-state index contributed by atoms with van der Waals surface area (Å²) in [6.07, 6.45) is 7.30. The lowest BCUT2D eigenvalue weighted by atomic mass is 9.89. The fourth-order valence-electron chi connectivity index (χ4n) is 3.91. The third-order valence-electron chi connectivity index (χ3n) is 5.54. The van der Waals surface area contributed by atoms with E-state index in [9.17, 15) is 18.0 Å². The highest BCUT2D eigenvalue weighted by Gasteiger charge is 2.25. The van der Waals surface area contributed by atoms with Crippen LogP contribution in [0.25, 0.3) is 0 Å². The van der Waals surface area contributed by atoms with Crippen LogP contribution in [0.15, 0.2) is 18.2 Å². The van der Waals surface area contributed by atoms with E-state index in [-0.39, 0.29) is 30.6 Å². The summed E-state index contributed by atoms with van der Waals surface area (Å²) in [5, 5.41) is 2.93. The molecule has 1 aromatic carbocycles. The van der Waals surface area contributed by atoms with Crippen molar-refractivity contribution in [2.75, 3.05) is 19.3 Å². The Kier molecular flexibility index (Phi) is 6.32. The summed E-state index contributed by atoms with van der Waals surface area (Å²) in [5.41, 5.74) is 3.31. The second-order valence-electron chi connectivity index (χ2n) is 7.62. The van der Waals surface area contributed by atoms with E-state index in [0.717, 1.165) is 12.8 Å². The van der Waals surface area contributed by atoms with Crippen molar-refractivity contribution in [2.45, 2.75) is 57.4 Å². The Balaban J connectivity index is 1.45. The topological polar surface area (TPSA) is 83.6 Å². The molecule has 1 amide bonds. The van der Waals surface area contributed by atoms with Gasteiger partial charge in [-0.1, -0.05) is 12.1 Å². The van der Waals surface area contributed by atoms with Crippen LogP contribution in [0.1, 0.15) is 60.0 Å². The molecule has 2 aliphatic rings. The standard InChI is InChI=1S/C20H28N2O4S/c1-27(25,26)22-12-10-18(11-13-22)21-20(24)9-8-19(23)17-7-6-15-4-2-3-5-16(15)14-17/h6-7,14,18H,2-5,8-13H2,1H3,(H,21,24). The van der Waals surface area contributed by atoms with Gasteiger partial charge in [-0.2, -0.15) is 0 Å². The van der Waals surface area contributed by atoms with Gasteiger partial charge in [0.05, 0.1) is 6.26 Å². The number of Topliss-reactive ketones (excluding diaryl/α,β-unsaturated/α-hetero) is 1. The van der Waals surface area contributed by atoms with E-state index in [1.165, 1.54) is 34.5 Å². The molecule has 3 rings (SSSR count). The molecule has 1 fully saturated rings. The Bertz CT molecular complexity index is 811.